The van der Waals surface area contributed by atoms with Crippen LogP contribution in [0.1, 0.15) is 0 Å². The molecule has 3 rings (SSSR count). The lowest BCUT2D eigenvalue weighted by Crippen LogP contribution is -2.13. The molecule has 1 aromatic heterocycles. The highest BCUT2D eigenvalue weighted by Gasteiger charge is 2.21. The van der Waals surface area contributed by atoms with E-state index in [1.54, 1.807) is 24.4 Å². The number of aromatic amines is 1. The Morgan fingerprint density at radius 3 is 2.23 bits per heavy atom. The molecule has 26 heavy (non-hydrogen) atoms. The largest absolute Gasteiger partial charge is 0.493 e. The molecule has 0 aliphatic rings. The van der Waals surface area contributed by atoms with E-state index in [-0.39, 0.29) is 16.4 Å². The Morgan fingerprint density at radius 1 is 1.00 bits per heavy atom. The number of nitrogens with one attached hydrogen (secondary N) is 2. The SMILES string of the molecule is COc1cc(S(=O)(=O)Nc2ccc3[nH]cc(Cl)c3c2)cc(OC)c1OC. The van der Waals surface area contributed by atoms with Crippen molar-refractivity contribution in [2.24, 2.45) is 0 Å². The second-order valence-electron chi connectivity index (χ2n) is 5.36. The number of benzene rings is 2. The summed E-state index contributed by atoms with van der Waals surface area (Å²) < 4.78 is 43.7. The topological polar surface area (TPSA) is 89.7 Å². The van der Waals surface area contributed by atoms with Crippen molar-refractivity contribution < 1.29 is 22.6 Å². The fourth-order valence-electron chi connectivity index (χ4n) is 2.58. The molecule has 1 heterocycles. The maximum atomic E-state index is 12.8. The number of methoxy groups -OCH3 is 3. The first-order valence-corrected chi connectivity index (χ1v) is 9.35. The molecule has 138 valence electrons. The van der Waals surface area contributed by atoms with Crippen molar-refractivity contribution in [1.82, 2.24) is 4.98 Å². The van der Waals surface area contributed by atoms with E-state index in [1.807, 2.05) is 0 Å². The highest BCUT2D eigenvalue weighted by Crippen LogP contribution is 2.39. The maximum Gasteiger partial charge on any atom is 0.262 e. The Kier molecular flexibility index (Phi) is 4.88. The summed E-state index contributed by atoms with van der Waals surface area (Å²) in [4.78, 5) is 2.98. The van der Waals surface area contributed by atoms with Gasteiger partial charge in [-0.3, -0.25) is 4.72 Å². The number of hydrogen-bond donors (Lipinski definition) is 2. The third-order valence-corrected chi connectivity index (χ3v) is 5.51. The van der Waals surface area contributed by atoms with Gasteiger partial charge in [-0.15, -0.1) is 0 Å². The molecule has 0 unspecified atom stereocenters. The summed E-state index contributed by atoms with van der Waals surface area (Å²) in [6.45, 7) is 0. The van der Waals surface area contributed by atoms with Gasteiger partial charge in [0.1, 0.15) is 0 Å². The number of anilines is 1. The fraction of sp³-hybridized carbons (Fsp3) is 0.176. The van der Waals surface area contributed by atoms with Crippen LogP contribution in [0.2, 0.25) is 5.02 Å². The predicted octanol–water partition coefficient (Wildman–Crippen LogP) is 3.65. The zero-order valence-electron chi connectivity index (χ0n) is 14.3. The molecule has 0 radical (unpaired) electrons. The number of hydrogen-bond acceptors (Lipinski definition) is 5. The normalized spacial score (nSPS) is 11.4. The van der Waals surface area contributed by atoms with E-state index in [1.165, 1.54) is 33.5 Å². The first-order chi connectivity index (χ1) is 12.4. The average molecular weight is 397 g/mol. The van der Waals surface area contributed by atoms with Crippen LogP contribution >= 0.6 is 11.6 Å². The number of halogens is 1. The first kappa shape index (κ1) is 18.2. The number of ether oxygens (including phenoxy) is 3. The Labute approximate surface area is 155 Å². The van der Waals surface area contributed by atoms with Crippen LogP contribution in [0.4, 0.5) is 5.69 Å². The Bertz CT molecular complexity index is 1040. The van der Waals surface area contributed by atoms with Crippen LogP contribution in [0.5, 0.6) is 17.2 Å². The molecule has 0 atom stereocenters. The van der Waals surface area contributed by atoms with Crippen LogP contribution in [0.15, 0.2) is 41.4 Å². The van der Waals surface area contributed by atoms with Gasteiger partial charge in [-0.1, -0.05) is 11.6 Å². The summed E-state index contributed by atoms with van der Waals surface area (Å²) in [7, 11) is 0.399. The van der Waals surface area contributed by atoms with E-state index >= 15 is 0 Å². The minimum atomic E-state index is -3.89. The van der Waals surface area contributed by atoms with Crippen LogP contribution in [0.3, 0.4) is 0 Å². The summed E-state index contributed by atoms with van der Waals surface area (Å²) in [5.41, 5.74) is 1.19. The van der Waals surface area contributed by atoms with Crippen LogP contribution < -0.4 is 18.9 Å². The summed E-state index contributed by atoms with van der Waals surface area (Å²) in [6.07, 6.45) is 1.64. The second kappa shape index (κ2) is 6.97. The van der Waals surface area contributed by atoms with Gasteiger partial charge in [-0.05, 0) is 18.2 Å². The van der Waals surface area contributed by atoms with E-state index in [0.29, 0.717) is 16.5 Å². The van der Waals surface area contributed by atoms with Crippen molar-refractivity contribution in [3.05, 3.63) is 41.6 Å². The van der Waals surface area contributed by atoms with Crippen LogP contribution in [0, 0.1) is 0 Å². The molecule has 0 fully saturated rings. The van der Waals surface area contributed by atoms with Crippen LogP contribution in [-0.4, -0.2) is 34.7 Å². The monoisotopic (exact) mass is 396 g/mol. The zero-order chi connectivity index (χ0) is 18.9. The fourth-order valence-corrected chi connectivity index (χ4v) is 3.87. The number of H-pyrrole nitrogens is 1. The van der Waals surface area contributed by atoms with Crippen molar-refractivity contribution >= 4 is 38.2 Å². The van der Waals surface area contributed by atoms with Crippen molar-refractivity contribution in [2.75, 3.05) is 26.1 Å². The number of sulfonamides is 1. The molecule has 0 saturated carbocycles. The zero-order valence-corrected chi connectivity index (χ0v) is 15.9. The molecule has 9 heteroatoms. The molecular weight excluding hydrogens is 380 g/mol. The van der Waals surface area contributed by atoms with Gasteiger partial charge < -0.3 is 19.2 Å². The summed E-state index contributed by atoms with van der Waals surface area (Å²) in [5.74, 6) is 0.808. The van der Waals surface area contributed by atoms with Gasteiger partial charge in [0.05, 0.1) is 31.2 Å². The lowest BCUT2D eigenvalue weighted by Gasteiger charge is -2.15. The van der Waals surface area contributed by atoms with Gasteiger partial charge in [0, 0.05) is 34.9 Å². The predicted molar refractivity (Wildman–Crippen MR) is 100 cm³/mol. The molecule has 0 amide bonds. The Balaban J connectivity index is 2.02. The Morgan fingerprint density at radius 2 is 1.65 bits per heavy atom. The third-order valence-electron chi connectivity index (χ3n) is 3.83. The van der Waals surface area contributed by atoms with E-state index in [4.69, 9.17) is 25.8 Å². The number of rotatable bonds is 6. The molecule has 3 aromatic rings. The summed E-state index contributed by atoms with van der Waals surface area (Å²) in [5, 5.41) is 1.23. The molecule has 2 N–H and O–H groups in total. The molecule has 7 nitrogen and oxygen atoms in total. The lowest BCUT2D eigenvalue weighted by molar-refractivity contribution is 0.323. The third kappa shape index (κ3) is 3.25. The maximum absolute atomic E-state index is 12.8. The van der Waals surface area contributed by atoms with Crippen molar-refractivity contribution in [3.63, 3.8) is 0 Å². The van der Waals surface area contributed by atoms with Crippen molar-refractivity contribution in [1.29, 1.82) is 0 Å². The molecule has 0 bridgehead atoms. The first-order valence-electron chi connectivity index (χ1n) is 7.49. The van der Waals surface area contributed by atoms with Crippen LogP contribution in [0.25, 0.3) is 10.9 Å². The molecule has 0 aliphatic carbocycles. The van der Waals surface area contributed by atoms with E-state index in [9.17, 15) is 8.42 Å². The lowest BCUT2D eigenvalue weighted by atomic mass is 10.2. The van der Waals surface area contributed by atoms with Crippen molar-refractivity contribution in [3.8, 4) is 17.2 Å². The van der Waals surface area contributed by atoms with Crippen molar-refractivity contribution in [2.45, 2.75) is 4.90 Å². The van der Waals surface area contributed by atoms with E-state index in [2.05, 4.69) is 9.71 Å². The molecule has 0 aliphatic heterocycles. The molecular formula is C17H17ClN2O5S. The molecule has 0 saturated heterocycles. The Hall–Kier alpha value is -2.58. The standard InChI is InChI=1S/C17H17ClN2O5S/c1-23-15-7-11(8-16(24-2)17(15)25-3)26(21,22)20-10-4-5-14-12(6-10)13(18)9-19-14/h4-9,19-20H,1-3H3. The minimum absolute atomic E-state index is 0.0211. The summed E-state index contributed by atoms with van der Waals surface area (Å²) in [6, 6.07) is 7.78. The average Bonchev–Trinajstić information content (AvgIpc) is 3.00. The van der Waals surface area contributed by atoms with Gasteiger partial charge in [0.25, 0.3) is 10.0 Å². The minimum Gasteiger partial charge on any atom is -0.493 e. The van der Waals surface area contributed by atoms with Gasteiger partial charge in [-0.25, -0.2) is 8.42 Å². The van der Waals surface area contributed by atoms with E-state index < -0.39 is 10.0 Å². The van der Waals surface area contributed by atoms with Gasteiger partial charge in [-0.2, -0.15) is 0 Å². The van der Waals surface area contributed by atoms with Crippen LogP contribution in [-0.2, 0) is 10.0 Å². The van der Waals surface area contributed by atoms with Gasteiger partial charge in [0.15, 0.2) is 11.5 Å². The number of aromatic nitrogens is 1. The van der Waals surface area contributed by atoms with E-state index in [0.717, 1.165) is 10.9 Å². The number of fused-ring (bicyclic) bond motifs is 1. The van der Waals surface area contributed by atoms with Gasteiger partial charge in [0.2, 0.25) is 5.75 Å². The molecule has 0 spiro atoms. The quantitative estimate of drug-likeness (QED) is 0.663. The second-order valence-corrected chi connectivity index (χ2v) is 7.45. The van der Waals surface area contributed by atoms with Gasteiger partial charge >= 0.3 is 0 Å². The highest BCUT2D eigenvalue weighted by molar-refractivity contribution is 7.92. The smallest absolute Gasteiger partial charge is 0.262 e. The summed E-state index contributed by atoms with van der Waals surface area (Å²) >= 11 is 6.09. The molecule has 2 aromatic carbocycles. The highest BCUT2D eigenvalue weighted by atomic mass is 35.5.